The first-order valence-electron chi connectivity index (χ1n) is 7.60. The van der Waals surface area contributed by atoms with E-state index in [0.29, 0.717) is 38.7 Å². The Labute approximate surface area is 166 Å². The molecule has 0 saturated carbocycles. The molecule has 0 radical (unpaired) electrons. The summed E-state index contributed by atoms with van der Waals surface area (Å²) in [6, 6.07) is 11.9. The van der Waals surface area contributed by atoms with E-state index in [1.165, 1.54) is 11.5 Å². The maximum atomic E-state index is 13.0. The number of methoxy groups -OCH3 is 1. The molecule has 0 aliphatic carbocycles. The molecular weight excluding hydrogens is 390 g/mol. The summed E-state index contributed by atoms with van der Waals surface area (Å²) in [6.07, 6.45) is 0. The van der Waals surface area contributed by atoms with Crippen LogP contribution in [-0.2, 0) is 4.79 Å². The van der Waals surface area contributed by atoms with Gasteiger partial charge in [-0.25, -0.2) is 0 Å². The molecular formula is C19H22ClNO7. The Morgan fingerprint density at radius 1 is 1.00 bits per heavy atom. The molecule has 0 bridgehead atoms. The van der Waals surface area contributed by atoms with Gasteiger partial charge in [-0.1, -0.05) is 11.6 Å². The van der Waals surface area contributed by atoms with Gasteiger partial charge in [-0.05, 0) is 49.4 Å². The first kappa shape index (κ1) is 25.1. The SMILES string of the molecule is COc1ccc2c(c1)c(OC(C)=O)c(C)n2C(=O)c1ccc(Cl)cc1.O.O.O. The first-order valence-corrected chi connectivity index (χ1v) is 7.98. The number of esters is 1. The summed E-state index contributed by atoms with van der Waals surface area (Å²) in [5.41, 5.74) is 1.66. The summed E-state index contributed by atoms with van der Waals surface area (Å²) in [4.78, 5) is 24.5. The van der Waals surface area contributed by atoms with Crippen LogP contribution in [0.1, 0.15) is 23.0 Å². The lowest BCUT2D eigenvalue weighted by Gasteiger charge is -2.07. The van der Waals surface area contributed by atoms with E-state index in [1.807, 2.05) is 0 Å². The molecule has 0 atom stereocenters. The van der Waals surface area contributed by atoms with Crippen LogP contribution in [0.25, 0.3) is 10.9 Å². The normalized spacial score (nSPS) is 9.57. The van der Waals surface area contributed by atoms with Gasteiger partial charge in [0.2, 0.25) is 0 Å². The van der Waals surface area contributed by atoms with Crippen LogP contribution in [0, 0.1) is 6.92 Å². The summed E-state index contributed by atoms with van der Waals surface area (Å²) in [6.45, 7) is 3.06. The molecule has 6 N–H and O–H groups in total. The Morgan fingerprint density at radius 3 is 2.14 bits per heavy atom. The topological polar surface area (TPSA) is 152 Å². The molecule has 0 spiro atoms. The Balaban J connectivity index is 0.00000243. The number of rotatable bonds is 3. The lowest BCUT2D eigenvalue weighted by atomic mass is 10.2. The molecule has 3 aromatic rings. The van der Waals surface area contributed by atoms with Gasteiger partial charge in [-0.15, -0.1) is 0 Å². The third-order valence-corrected chi connectivity index (χ3v) is 4.15. The van der Waals surface area contributed by atoms with E-state index in [0.717, 1.165) is 0 Å². The number of nitrogens with zero attached hydrogens (tertiary/aromatic N) is 1. The van der Waals surface area contributed by atoms with E-state index in [2.05, 4.69) is 0 Å². The van der Waals surface area contributed by atoms with Crippen LogP contribution in [0.5, 0.6) is 11.5 Å². The molecule has 0 unspecified atom stereocenters. The van der Waals surface area contributed by atoms with E-state index in [-0.39, 0.29) is 22.3 Å². The molecule has 8 nitrogen and oxygen atoms in total. The molecule has 152 valence electrons. The highest BCUT2D eigenvalue weighted by atomic mass is 35.5. The van der Waals surface area contributed by atoms with Gasteiger partial charge in [-0.3, -0.25) is 14.2 Å². The lowest BCUT2D eigenvalue weighted by molar-refractivity contribution is -0.131. The van der Waals surface area contributed by atoms with E-state index in [4.69, 9.17) is 21.1 Å². The standard InChI is InChI=1S/C19H16ClNO4.3H2O/c1-11-18(25-12(2)22)16-10-15(24-3)8-9-17(16)21(11)19(23)13-4-6-14(20)7-5-13;;;/h4-10H,1-3H3;3*1H2. The van der Waals surface area contributed by atoms with Crippen molar-refractivity contribution in [2.45, 2.75) is 13.8 Å². The number of hydrogen-bond acceptors (Lipinski definition) is 4. The highest BCUT2D eigenvalue weighted by molar-refractivity contribution is 6.30. The zero-order valence-corrected chi connectivity index (χ0v) is 16.3. The van der Waals surface area contributed by atoms with Gasteiger partial charge in [0.1, 0.15) is 5.75 Å². The minimum atomic E-state index is -0.455. The zero-order chi connectivity index (χ0) is 18.1. The minimum absolute atomic E-state index is 0. The Kier molecular flexibility index (Phi) is 8.84. The molecule has 0 aliphatic rings. The molecule has 0 saturated heterocycles. The van der Waals surface area contributed by atoms with E-state index < -0.39 is 5.97 Å². The van der Waals surface area contributed by atoms with Crippen LogP contribution < -0.4 is 9.47 Å². The second kappa shape index (κ2) is 9.86. The molecule has 3 rings (SSSR count). The third-order valence-electron chi connectivity index (χ3n) is 3.89. The molecule has 0 fully saturated rings. The zero-order valence-electron chi connectivity index (χ0n) is 15.5. The van der Waals surface area contributed by atoms with Gasteiger partial charge in [-0.2, -0.15) is 0 Å². The van der Waals surface area contributed by atoms with Crippen molar-refractivity contribution in [2.24, 2.45) is 0 Å². The number of ether oxygens (including phenoxy) is 2. The van der Waals surface area contributed by atoms with E-state index in [9.17, 15) is 9.59 Å². The number of aromatic nitrogens is 1. The number of carbonyl (C=O) groups excluding carboxylic acids is 2. The summed E-state index contributed by atoms with van der Waals surface area (Å²) >= 11 is 5.89. The van der Waals surface area contributed by atoms with Crippen LogP contribution in [-0.4, -0.2) is 40.0 Å². The maximum Gasteiger partial charge on any atom is 0.308 e. The number of halogens is 1. The van der Waals surface area contributed by atoms with Gasteiger partial charge in [0.15, 0.2) is 5.75 Å². The van der Waals surface area contributed by atoms with Crippen molar-refractivity contribution >= 4 is 34.4 Å². The highest BCUT2D eigenvalue weighted by Crippen LogP contribution is 2.36. The average Bonchev–Trinajstić information content (AvgIpc) is 2.86. The average molecular weight is 412 g/mol. The van der Waals surface area contributed by atoms with E-state index in [1.54, 1.807) is 56.5 Å². The fourth-order valence-corrected chi connectivity index (χ4v) is 2.88. The summed E-state index contributed by atoms with van der Waals surface area (Å²) < 4.78 is 12.1. The van der Waals surface area contributed by atoms with Crippen LogP contribution in [0.15, 0.2) is 42.5 Å². The number of carbonyl (C=O) groups is 2. The first-order chi connectivity index (χ1) is 11.9. The van der Waals surface area contributed by atoms with Gasteiger partial charge in [0.25, 0.3) is 5.91 Å². The summed E-state index contributed by atoms with van der Waals surface area (Å²) in [7, 11) is 1.55. The van der Waals surface area contributed by atoms with Crippen molar-refractivity contribution in [3.8, 4) is 11.5 Å². The minimum Gasteiger partial charge on any atom is -0.497 e. The lowest BCUT2D eigenvalue weighted by Crippen LogP contribution is -2.13. The second-order valence-corrected chi connectivity index (χ2v) is 5.98. The fourth-order valence-electron chi connectivity index (χ4n) is 2.75. The summed E-state index contributed by atoms with van der Waals surface area (Å²) in [5.74, 6) is 0.271. The van der Waals surface area contributed by atoms with Crippen molar-refractivity contribution < 1.29 is 35.5 Å². The van der Waals surface area contributed by atoms with Crippen LogP contribution in [0.4, 0.5) is 0 Å². The number of fused-ring (bicyclic) bond motifs is 1. The van der Waals surface area contributed by atoms with Crippen LogP contribution in [0.3, 0.4) is 0 Å². The van der Waals surface area contributed by atoms with Crippen molar-refractivity contribution in [2.75, 3.05) is 7.11 Å². The fraction of sp³-hybridized carbons (Fsp3) is 0.158. The summed E-state index contributed by atoms with van der Waals surface area (Å²) in [5, 5.41) is 1.19. The molecule has 1 aromatic heterocycles. The molecule has 0 amide bonds. The van der Waals surface area contributed by atoms with Crippen molar-refractivity contribution in [3.63, 3.8) is 0 Å². The van der Waals surface area contributed by atoms with Crippen molar-refractivity contribution in [1.29, 1.82) is 0 Å². The van der Waals surface area contributed by atoms with Crippen molar-refractivity contribution in [1.82, 2.24) is 4.57 Å². The predicted molar refractivity (Wildman–Crippen MR) is 107 cm³/mol. The largest absolute Gasteiger partial charge is 0.497 e. The Morgan fingerprint density at radius 2 is 1.61 bits per heavy atom. The van der Waals surface area contributed by atoms with Crippen LogP contribution in [0.2, 0.25) is 5.02 Å². The molecule has 28 heavy (non-hydrogen) atoms. The molecule has 0 aliphatic heterocycles. The number of benzene rings is 2. The quantitative estimate of drug-likeness (QED) is 0.602. The third kappa shape index (κ3) is 4.49. The highest BCUT2D eigenvalue weighted by Gasteiger charge is 2.22. The van der Waals surface area contributed by atoms with E-state index >= 15 is 0 Å². The Hall–Kier alpha value is -2.91. The van der Waals surface area contributed by atoms with Crippen molar-refractivity contribution in [3.05, 3.63) is 58.7 Å². The van der Waals surface area contributed by atoms with Gasteiger partial charge >= 0.3 is 5.97 Å². The van der Waals surface area contributed by atoms with Gasteiger partial charge in [0.05, 0.1) is 18.3 Å². The predicted octanol–water partition coefficient (Wildman–Crippen LogP) is 1.75. The molecule has 2 aromatic carbocycles. The monoisotopic (exact) mass is 411 g/mol. The molecule has 9 heteroatoms. The van der Waals surface area contributed by atoms with Crippen LogP contribution >= 0.6 is 11.6 Å². The van der Waals surface area contributed by atoms with Gasteiger partial charge < -0.3 is 25.9 Å². The Bertz CT molecular complexity index is 980. The number of hydrogen-bond donors (Lipinski definition) is 0. The smallest absolute Gasteiger partial charge is 0.308 e. The van der Waals surface area contributed by atoms with Gasteiger partial charge in [0, 0.05) is 22.9 Å². The second-order valence-electron chi connectivity index (χ2n) is 5.54. The maximum absolute atomic E-state index is 13.0. The molecule has 1 heterocycles.